The molecule has 1 saturated heterocycles. The van der Waals surface area contributed by atoms with Gasteiger partial charge in [-0.25, -0.2) is 0 Å². The number of aromatic nitrogens is 2. The molecular formula is C45H63N3O6. The van der Waals surface area contributed by atoms with Crippen LogP contribution in [0, 0.1) is 27.7 Å². The number of rotatable bonds is 5. The van der Waals surface area contributed by atoms with E-state index in [4.69, 9.17) is 28.4 Å². The molecule has 54 heavy (non-hydrogen) atoms. The third-order valence-electron chi connectivity index (χ3n) is 9.25. The third-order valence-corrected chi connectivity index (χ3v) is 9.25. The molecule has 9 heteroatoms. The highest BCUT2D eigenvalue weighted by molar-refractivity contribution is 5.74. The Balaban J connectivity index is 0.000000248. The van der Waals surface area contributed by atoms with Crippen molar-refractivity contribution >= 4 is 5.69 Å². The molecule has 0 bridgehead atoms. The average Bonchev–Trinajstić information content (AvgIpc) is 3.17. The number of nitrogens with one attached hydrogen (secondary N) is 1. The molecule has 1 fully saturated rings. The smallest absolute Gasteiger partial charge is 0.0701 e. The molecule has 1 aliphatic rings. The molecule has 0 aliphatic carbocycles. The fourth-order valence-corrected chi connectivity index (χ4v) is 6.69. The Kier molecular flexibility index (Phi) is 20.9. The standard InChI is InChI=1S/C27H27N3.C18H36O6/c1-18-13-22(14-19(2)26(18)23-5-9-28-10-6-23)17-30-25-15-20(3)27(21(4)16-25)24-7-11-29-12-8-24;1-2-4-6-8-20-10-12-22-14-16-24-18-17-23-15-13-21-11-9-19-7-5-3-1/h5-16,30H,17H2,1-4H3;1-18H2. The number of aryl methyl sites for hydroxylation is 4. The van der Waals surface area contributed by atoms with E-state index >= 15 is 0 Å². The molecule has 1 aliphatic heterocycles. The lowest BCUT2D eigenvalue weighted by atomic mass is 9.94. The second-order valence-electron chi connectivity index (χ2n) is 13.7. The minimum Gasteiger partial charge on any atom is -0.381 e. The highest BCUT2D eigenvalue weighted by Gasteiger charge is 2.10. The third kappa shape index (κ3) is 16.3. The van der Waals surface area contributed by atoms with Crippen molar-refractivity contribution in [1.29, 1.82) is 0 Å². The summed E-state index contributed by atoms with van der Waals surface area (Å²) in [5.41, 5.74) is 12.6. The number of anilines is 1. The van der Waals surface area contributed by atoms with Crippen LogP contribution < -0.4 is 5.32 Å². The van der Waals surface area contributed by atoms with Gasteiger partial charge in [-0.3, -0.25) is 9.97 Å². The fraction of sp³-hybridized carbons (Fsp3) is 0.511. The number of nitrogens with zero attached hydrogens (tertiary/aromatic N) is 2. The summed E-state index contributed by atoms with van der Waals surface area (Å²) in [5, 5.41) is 3.61. The zero-order valence-electron chi connectivity index (χ0n) is 33.2. The van der Waals surface area contributed by atoms with E-state index in [-0.39, 0.29) is 0 Å². The van der Waals surface area contributed by atoms with Gasteiger partial charge in [0, 0.05) is 50.2 Å². The van der Waals surface area contributed by atoms with Gasteiger partial charge >= 0.3 is 0 Å². The van der Waals surface area contributed by atoms with Crippen LogP contribution in [-0.2, 0) is 35.0 Å². The van der Waals surface area contributed by atoms with E-state index in [1.165, 1.54) is 75.8 Å². The summed E-state index contributed by atoms with van der Waals surface area (Å²) in [4.78, 5) is 8.27. The van der Waals surface area contributed by atoms with Crippen molar-refractivity contribution in [2.45, 2.75) is 72.8 Å². The predicted molar refractivity (Wildman–Crippen MR) is 218 cm³/mol. The summed E-state index contributed by atoms with van der Waals surface area (Å²) in [6, 6.07) is 17.3. The predicted octanol–water partition coefficient (Wildman–Crippen LogP) is 9.10. The van der Waals surface area contributed by atoms with Gasteiger partial charge in [0.05, 0.1) is 66.1 Å². The van der Waals surface area contributed by atoms with Gasteiger partial charge in [0.25, 0.3) is 0 Å². The van der Waals surface area contributed by atoms with E-state index in [2.05, 4.69) is 91.5 Å². The van der Waals surface area contributed by atoms with Crippen molar-refractivity contribution in [3.05, 3.63) is 101 Å². The molecule has 2 aromatic carbocycles. The normalized spacial score (nSPS) is 16.7. The van der Waals surface area contributed by atoms with E-state index in [0.29, 0.717) is 66.1 Å². The van der Waals surface area contributed by atoms with Crippen LogP contribution in [-0.4, -0.2) is 89.3 Å². The Morgan fingerprint density at radius 3 is 1.11 bits per heavy atom. The highest BCUT2D eigenvalue weighted by atomic mass is 16.6. The van der Waals surface area contributed by atoms with Gasteiger partial charge < -0.3 is 33.7 Å². The molecule has 0 radical (unpaired) electrons. The molecule has 0 saturated carbocycles. The first-order chi connectivity index (χ1) is 26.5. The summed E-state index contributed by atoms with van der Waals surface area (Å²) < 4.78 is 32.8. The second kappa shape index (κ2) is 26.2. The van der Waals surface area contributed by atoms with Crippen molar-refractivity contribution in [3.63, 3.8) is 0 Å². The number of pyridine rings is 2. The van der Waals surface area contributed by atoms with Crippen molar-refractivity contribution in [3.8, 4) is 22.3 Å². The zero-order valence-corrected chi connectivity index (χ0v) is 33.2. The summed E-state index contributed by atoms with van der Waals surface area (Å²) in [5.74, 6) is 0. The first kappa shape index (κ1) is 43.0. The van der Waals surface area contributed by atoms with Crippen LogP contribution >= 0.6 is 0 Å². The van der Waals surface area contributed by atoms with Gasteiger partial charge in [0.15, 0.2) is 0 Å². The molecule has 294 valence electrons. The Hall–Kier alpha value is -3.70. The maximum Gasteiger partial charge on any atom is 0.0701 e. The molecule has 1 N–H and O–H groups in total. The molecule has 3 heterocycles. The Labute approximate surface area is 324 Å². The number of hydrogen-bond donors (Lipinski definition) is 1. The van der Waals surface area contributed by atoms with Crippen molar-refractivity contribution < 1.29 is 28.4 Å². The van der Waals surface area contributed by atoms with Gasteiger partial charge in [-0.05, 0) is 127 Å². The minimum absolute atomic E-state index is 0.586. The maximum atomic E-state index is 5.55. The molecule has 0 amide bonds. The number of hydrogen-bond acceptors (Lipinski definition) is 9. The lowest BCUT2D eigenvalue weighted by molar-refractivity contribution is -0.0171. The first-order valence-corrected chi connectivity index (χ1v) is 19.8. The molecule has 0 unspecified atom stereocenters. The summed E-state index contributed by atoms with van der Waals surface area (Å²) in [6.45, 7) is 17.4. The van der Waals surface area contributed by atoms with Crippen molar-refractivity contribution in [2.75, 3.05) is 84.6 Å². The van der Waals surface area contributed by atoms with Crippen LogP contribution in [0.3, 0.4) is 0 Å². The molecule has 5 rings (SSSR count). The Morgan fingerprint density at radius 2 is 0.741 bits per heavy atom. The van der Waals surface area contributed by atoms with Crippen LogP contribution in [0.1, 0.15) is 66.3 Å². The number of ether oxygens (including phenoxy) is 6. The highest BCUT2D eigenvalue weighted by Crippen LogP contribution is 2.31. The van der Waals surface area contributed by atoms with Gasteiger partial charge in [0.2, 0.25) is 0 Å². The summed E-state index contributed by atoms with van der Waals surface area (Å²) in [7, 11) is 0. The van der Waals surface area contributed by atoms with Gasteiger partial charge in [-0.15, -0.1) is 0 Å². The van der Waals surface area contributed by atoms with E-state index in [1.807, 2.05) is 24.8 Å². The van der Waals surface area contributed by atoms with Crippen LogP contribution in [0.5, 0.6) is 0 Å². The van der Waals surface area contributed by atoms with Crippen molar-refractivity contribution in [1.82, 2.24) is 9.97 Å². The molecule has 2 aromatic heterocycles. The van der Waals surface area contributed by atoms with Gasteiger partial charge in [-0.1, -0.05) is 37.8 Å². The SMILES string of the molecule is C1CCCCOCCOCCOCCOCCOCCOCCC1.Cc1cc(CNc2cc(C)c(-c3ccncc3)c(C)c2)cc(C)c1-c1ccncc1. The summed E-state index contributed by atoms with van der Waals surface area (Å²) >= 11 is 0. The van der Waals surface area contributed by atoms with Gasteiger partial charge in [0.1, 0.15) is 0 Å². The number of benzene rings is 2. The quantitative estimate of drug-likeness (QED) is 0.215. The first-order valence-electron chi connectivity index (χ1n) is 19.8. The molecular weight excluding hydrogens is 679 g/mol. The maximum absolute atomic E-state index is 5.55. The van der Waals surface area contributed by atoms with E-state index in [0.717, 1.165) is 38.3 Å². The lowest BCUT2D eigenvalue weighted by Crippen LogP contribution is -2.14. The van der Waals surface area contributed by atoms with Crippen LogP contribution in [0.2, 0.25) is 0 Å². The zero-order chi connectivity index (χ0) is 38.1. The monoisotopic (exact) mass is 741 g/mol. The van der Waals surface area contributed by atoms with E-state index in [9.17, 15) is 0 Å². The summed E-state index contributed by atoms with van der Waals surface area (Å²) in [6.07, 6.45) is 14.7. The molecule has 0 atom stereocenters. The fourth-order valence-electron chi connectivity index (χ4n) is 6.69. The minimum atomic E-state index is 0.586. The van der Waals surface area contributed by atoms with Crippen LogP contribution in [0.15, 0.2) is 73.3 Å². The van der Waals surface area contributed by atoms with Crippen LogP contribution in [0.4, 0.5) is 5.69 Å². The Bertz CT molecular complexity index is 1340. The molecule has 0 spiro atoms. The lowest BCUT2D eigenvalue weighted by Gasteiger charge is -2.16. The largest absolute Gasteiger partial charge is 0.381 e. The Morgan fingerprint density at radius 1 is 0.426 bits per heavy atom. The van der Waals surface area contributed by atoms with E-state index < -0.39 is 0 Å². The van der Waals surface area contributed by atoms with Crippen molar-refractivity contribution in [2.24, 2.45) is 0 Å². The van der Waals surface area contributed by atoms with Crippen LogP contribution in [0.25, 0.3) is 22.3 Å². The van der Waals surface area contributed by atoms with Gasteiger partial charge in [-0.2, -0.15) is 0 Å². The molecule has 4 aromatic rings. The topological polar surface area (TPSA) is 93.2 Å². The van der Waals surface area contributed by atoms with E-state index in [1.54, 1.807) is 0 Å². The molecule has 9 nitrogen and oxygen atoms in total. The second-order valence-corrected chi connectivity index (χ2v) is 13.7. The average molecular weight is 742 g/mol.